The van der Waals surface area contributed by atoms with Crippen molar-refractivity contribution in [3.63, 3.8) is 0 Å². The molecule has 33 heavy (non-hydrogen) atoms. The summed E-state index contributed by atoms with van der Waals surface area (Å²) in [6, 6.07) is 21.5. The van der Waals surface area contributed by atoms with Gasteiger partial charge in [0.05, 0.1) is 6.54 Å². The van der Waals surface area contributed by atoms with Crippen molar-refractivity contribution in [1.29, 1.82) is 0 Å². The first-order valence-corrected chi connectivity index (χ1v) is 11.6. The number of amides is 1. The lowest BCUT2D eigenvalue weighted by atomic mass is 10.1. The number of aryl methyl sites for hydroxylation is 1. The van der Waals surface area contributed by atoms with E-state index in [1.807, 2.05) is 44.2 Å². The predicted molar refractivity (Wildman–Crippen MR) is 131 cm³/mol. The molecule has 1 aliphatic rings. The molecule has 0 bridgehead atoms. The number of carbonyl (C=O) groups excluding carboxylic acids is 2. The molecule has 0 unspecified atom stereocenters. The average Bonchev–Trinajstić information content (AvgIpc) is 2.98. The Morgan fingerprint density at radius 3 is 2.21 bits per heavy atom. The van der Waals surface area contributed by atoms with Gasteiger partial charge in [-0.25, -0.2) is 0 Å². The number of hydrogen-bond donors (Lipinski definition) is 1. The second-order valence-electron chi connectivity index (χ2n) is 8.74. The first kappa shape index (κ1) is 23.0. The van der Waals surface area contributed by atoms with Crippen LogP contribution in [-0.4, -0.2) is 58.9 Å². The van der Waals surface area contributed by atoms with Crippen LogP contribution in [0.15, 0.2) is 66.7 Å². The Bertz CT molecular complexity index is 1090. The summed E-state index contributed by atoms with van der Waals surface area (Å²) < 4.78 is 1.71. The molecule has 0 atom stereocenters. The summed E-state index contributed by atoms with van der Waals surface area (Å²) in [7, 11) is 0. The maximum Gasteiger partial charge on any atom is 0.270 e. The fourth-order valence-corrected chi connectivity index (χ4v) is 4.44. The van der Waals surface area contributed by atoms with Gasteiger partial charge in [0.1, 0.15) is 0 Å². The second-order valence-corrected chi connectivity index (χ2v) is 8.74. The third-order valence-corrected chi connectivity index (χ3v) is 6.28. The van der Waals surface area contributed by atoms with E-state index in [0.29, 0.717) is 17.7 Å². The number of nitrogens with one attached hydrogen (secondary N) is 1. The standard InChI is InChI=1S/C27H32N4O2/c1-21-18-25(22(2)31(21)28-27(33)24-12-7-4-8-13-24)26(32)20-30-15-9-14-29(16-17-30)19-23-10-5-3-6-11-23/h3-8,10-13,18H,9,14-17,19-20H2,1-2H3,(H,28,33). The molecule has 1 N–H and O–H groups in total. The largest absolute Gasteiger partial charge is 0.298 e. The number of hydrogen-bond acceptors (Lipinski definition) is 4. The third-order valence-electron chi connectivity index (χ3n) is 6.28. The summed E-state index contributed by atoms with van der Waals surface area (Å²) >= 11 is 0. The smallest absolute Gasteiger partial charge is 0.270 e. The molecule has 2 aromatic carbocycles. The van der Waals surface area contributed by atoms with Gasteiger partial charge in [0.25, 0.3) is 5.91 Å². The van der Waals surface area contributed by atoms with Crippen LogP contribution in [0.5, 0.6) is 0 Å². The van der Waals surface area contributed by atoms with E-state index in [1.54, 1.807) is 16.8 Å². The van der Waals surface area contributed by atoms with Crippen molar-refractivity contribution in [2.24, 2.45) is 0 Å². The fourth-order valence-electron chi connectivity index (χ4n) is 4.44. The Kier molecular flexibility index (Phi) is 7.37. The number of benzene rings is 2. The summed E-state index contributed by atoms with van der Waals surface area (Å²) in [6.07, 6.45) is 1.05. The van der Waals surface area contributed by atoms with Crippen LogP contribution in [0, 0.1) is 13.8 Å². The van der Waals surface area contributed by atoms with Crippen molar-refractivity contribution in [2.75, 3.05) is 38.1 Å². The van der Waals surface area contributed by atoms with Crippen LogP contribution in [-0.2, 0) is 6.54 Å². The predicted octanol–water partition coefficient (Wildman–Crippen LogP) is 3.88. The Balaban J connectivity index is 1.36. The monoisotopic (exact) mass is 444 g/mol. The van der Waals surface area contributed by atoms with Crippen LogP contribution >= 0.6 is 0 Å². The van der Waals surface area contributed by atoms with Gasteiger partial charge in [-0.3, -0.25) is 29.5 Å². The molecule has 4 rings (SSSR count). The molecule has 0 spiro atoms. The molecular weight excluding hydrogens is 412 g/mol. The second kappa shape index (κ2) is 10.6. The number of aromatic nitrogens is 1. The summed E-state index contributed by atoms with van der Waals surface area (Å²) in [4.78, 5) is 30.5. The van der Waals surface area contributed by atoms with Crippen molar-refractivity contribution >= 4 is 11.7 Å². The van der Waals surface area contributed by atoms with Crippen molar-refractivity contribution < 1.29 is 9.59 Å². The molecule has 1 aromatic heterocycles. The summed E-state index contributed by atoms with van der Waals surface area (Å²) in [5.41, 5.74) is 7.11. The minimum Gasteiger partial charge on any atom is -0.298 e. The molecular formula is C27H32N4O2. The van der Waals surface area contributed by atoms with Crippen LogP contribution in [0.2, 0.25) is 0 Å². The van der Waals surface area contributed by atoms with Gasteiger partial charge in [-0.15, -0.1) is 0 Å². The van der Waals surface area contributed by atoms with E-state index in [1.165, 1.54) is 5.56 Å². The Hall–Kier alpha value is -3.22. The SMILES string of the molecule is Cc1cc(C(=O)CN2CCCN(Cc3ccccc3)CC2)c(C)n1NC(=O)c1ccccc1. The zero-order valence-electron chi connectivity index (χ0n) is 19.5. The lowest BCUT2D eigenvalue weighted by molar-refractivity contribution is 0.0930. The quantitative estimate of drug-likeness (QED) is 0.562. The summed E-state index contributed by atoms with van der Waals surface area (Å²) in [5, 5.41) is 0. The van der Waals surface area contributed by atoms with Crippen LogP contribution in [0.3, 0.4) is 0 Å². The van der Waals surface area contributed by atoms with E-state index in [-0.39, 0.29) is 11.7 Å². The van der Waals surface area contributed by atoms with Crippen LogP contribution in [0.1, 0.15) is 44.1 Å². The molecule has 1 fully saturated rings. The van der Waals surface area contributed by atoms with Crippen molar-refractivity contribution in [3.8, 4) is 0 Å². The molecule has 0 saturated carbocycles. The molecule has 172 valence electrons. The third kappa shape index (κ3) is 5.78. The lowest BCUT2D eigenvalue weighted by Crippen LogP contribution is -2.34. The van der Waals surface area contributed by atoms with E-state index in [4.69, 9.17) is 0 Å². The minimum absolute atomic E-state index is 0.0971. The lowest BCUT2D eigenvalue weighted by Gasteiger charge is -2.21. The highest BCUT2D eigenvalue weighted by Gasteiger charge is 2.22. The molecule has 3 aromatic rings. The number of Topliss-reactive ketones (excluding diaryl/α,β-unsaturated/α-hetero) is 1. The van der Waals surface area contributed by atoms with E-state index in [9.17, 15) is 9.59 Å². The van der Waals surface area contributed by atoms with Gasteiger partial charge in [-0.05, 0) is 57.1 Å². The van der Waals surface area contributed by atoms with Gasteiger partial charge in [0.15, 0.2) is 5.78 Å². The number of ketones is 1. The van der Waals surface area contributed by atoms with E-state index < -0.39 is 0 Å². The van der Waals surface area contributed by atoms with Crippen molar-refractivity contribution in [1.82, 2.24) is 14.5 Å². The van der Waals surface area contributed by atoms with Gasteiger partial charge < -0.3 is 0 Å². The number of rotatable bonds is 7. The van der Waals surface area contributed by atoms with E-state index >= 15 is 0 Å². The van der Waals surface area contributed by atoms with Crippen LogP contribution in [0.25, 0.3) is 0 Å². The maximum absolute atomic E-state index is 13.2. The van der Waals surface area contributed by atoms with Gasteiger partial charge in [0, 0.05) is 42.1 Å². The highest BCUT2D eigenvalue weighted by molar-refractivity contribution is 6.01. The Morgan fingerprint density at radius 1 is 0.848 bits per heavy atom. The van der Waals surface area contributed by atoms with Gasteiger partial charge in [-0.2, -0.15) is 0 Å². The number of nitrogens with zero attached hydrogens (tertiary/aromatic N) is 3. The van der Waals surface area contributed by atoms with E-state index in [0.717, 1.165) is 50.5 Å². The van der Waals surface area contributed by atoms with Crippen LogP contribution in [0.4, 0.5) is 0 Å². The Labute approximate surface area is 195 Å². The zero-order chi connectivity index (χ0) is 23.2. The van der Waals surface area contributed by atoms with Crippen molar-refractivity contribution in [3.05, 3.63) is 94.8 Å². The van der Waals surface area contributed by atoms with E-state index in [2.05, 4.69) is 39.5 Å². The highest BCUT2D eigenvalue weighted by Crippen LogP contribution is 2.16. The number of carbonyl (C=O) groups is 2. The summed E-state index contributed by atoms with van der Waals surface area (Å²) in [5.74, 6) is -0.0951. The normalized spacial score (nSPS) is 15.2. The maximum atomic E-state index is 13.2. The fraction of sp³-hybridized carbons (Fsp3) is 0.333. The molecule has 0 aliphatic carbocycles. The molecule has 6 heteroatoms. The average molecular weight is 445 g/mol. The molecule has 2 heterocycles. The summed E-state index contributed by atoms with van der Waals surface area (Å²) in [6.45, 7) is 8.93. The molecule has 1 amide bonds. The molecule has 6 nitrogen and oxygen atoms in total. The Morgan fingerprint density at radius 2 is 1.48 bits per heavy atom. The van der Waals surface area contributed by atoms with Crippen LogP contribution < -0.4 is 5.43 Å². The van der Waals surface area contributed by atoms with Gasteiger partial charge in [-0.1, -0.05) is 48.5 Å². The zero-order valence-corrected chi connectivity index (χ0v) is 19.5. The first-order valence-electron chi connectivity index (χ1n) is 11.6. The van der Waals surface area contributed by atoms with Gasteiger partial charge in [0.2, 0.25) is 0 Å². The molecule has 1 saturated heterocycles. The molecule has 0 radical (unpaired) electrons. The minimum atomic E-state index is -0.192. The molecule has 1 aliphatic heterocycles. The first-order chi connectivity index (χ1) is 16.0. The van der Waals surface area contributed by atoms with Gasteiger partial charge >= 0.3 is 0 Å². The highest BCUT2D eigenvalue weighted by atomic mass is 16.2. The topological polar surface area (TPSA) is 57.6 Å². The van der Waals surface area contributed by atoms with Crippen molar-refractivity contribution in [2.45, 2.75) is 26.8 Å².